The van der Waals surface area contributed by atoms with Crippen LogP contribution in [0.25, 0.3) is 0 Å². The maximum Gasteiger partial charge on any atom is 0.450 e. The van der Waals surface area contributed by atoms with Gasteiger partial charge < -0.3 is 10.1 Å². The van der Waals surface area contributed by atoms with Crippen LogP contribution in [0, 0.1) is 0 Å². The minimum Gasteiger partial charge on any atom is -0.487 e. The van der Waals surface area contributed by atoms with Gasteiger partial charge >= 0.3 is 6.18 Å². The number of para-hydroxylation sites is 1. The van der Waals surface area contributed by atoms with Crippen LogP contribution in [0.15, 0.2) is 47.2 Å². The Hall–Kier alpha value is -1.89. The molecule has 0 spiro atoms. The molecule has 1 aliphatic heterocycles. The lowest BCUT2D eigenvalue weighted by molar-refractivity contribution is -0.130. The zero-order valence-electron chi connectivity index (χ0n) is 11.8. The normalized spacial score (nSPS) is 15.3. The van der Waals surface area contributed by atoms with E-state index >= 15 is 0 Å². The van der Waals surface area contributed by atoms with E-state index in [-0.39, 0.29) is 23.0 Å². The molecule has 1 aliphatic rings. The predicted octanol–water partition coefficient (Wildman–Crippen LogP) is 4.35. The number of hydrogen-bond donors (Lipinski definition) is 1. The van der Waals surface area contributed by atoms with Gasteiger partial charge in [0.2, 0.25) is 5.76 Å². The van der Waals surface area contributed by atoms with Gasteiger partial charge in [-0.1, -0.05) is 18.7 Å². The third-order valence-corrected chi connectivity index (χ3v) is 4.00. The zero-order valence-corrected chi connectivity index (χ0v) is 12.6. The lowest BCUT2D eigenvalue weighted by Crippen LogP contribution is -2.22. The fourth-order valence-electron chi connectivity index (χ4n) is 1.97. The number of Topliss-reactive ketones (excluding diaryl/α,β-unsaturated/α-hetero) is 1. The van der Waals surface area contributed by atoms with Crippen molar-refractivity contribution in [3.8, 4) is 0 Å². The molecule has 0 saturated carbocycles. The number of allylic oxidation sites excluding steroid dienone is 1. The van der Waals surface area contributed by atoms with E-state index in [9.17, 15) is 18.0 Å². The summed E-state index contributed by atoms with van der Waals surface area (Å²) in [4.78, 5) is 11.5. The van der Waals surface area contributed by atoms with Crippen molar-refractivity contribution in [2.24, 2.45) is 0 Å². The summed E-state index contributed by atoms with van der Waals surface area (Å²) in [6, 6.07) is 6.58. The molecule has 0 aromatic heterocycles. The fraction of sp³-hybridized carbons (Fsp3) is 0.267. The minimum atomic E-state index is -4.58. The molecule has 3 nitrogen and oxygen atoms in total. The Kier molecular flexibility index (Phi) is 4.85. The molecule has 0 amide bonds. The van der Waals surface area contributed by atoms with E-state index in [4.69, 9.17) is 4.74 Å². The van der Waals surface area contributed by atoms with Gasteiger partial charge in [-0.05, 0) is 19.1 Å². The number of anilines is 1. The molecule has 22 heavy (non-hydrogen) atoms. The molecule has 0 fully saturated rings. The van der Waals surface area contributed by atoms with Crippen LogP contribution in [0.5, 0.6) is 0 Å². The Morgan fingerprint density at radius 2 is 2.05 bits per heavy atom. The van der Waals surface area contributed by atoms with Crippen LogP contribution in [0.3, 0.4) is 0 Å². The summed E-state index contributed by atoms with van der Waals surface area (Å²) in [5.74, 6) is -0.820. The molecule has 1 aromatic carbocycles. The quantitative estimate of drug-likeness (QED) is 0.834. The number of ether oxygens (including phenoxy) is 1. The Morgan fingerprint density at radius 3 is 2.68 bits per heavy atom. The van der Waals surface area contributed by atoms with Crippen molar-refractivity contribution in [2.75, 3.05) is 17.7 Å². The lowest BCUT2D eigenvalue weighted by atomic mass is 10.1. The van der Waals surface area contributed by atoms with Crippen molar-refractivity contribution in [1.82, 2.24) is 0 Å². The zero-order chi connectivity index (χ0) is 16.3. The standard InChI is InChI=1S/C15H14F3NO2S/c1-9(13-14(15(16,17)18)21-7-8-22-13)19-12-6-4-3-5-11(12)10(2)20/h3-6,19H,1,7-8H2,2H3. The summed E-state index contributed by atoms with van der Waals surface area (Å²) in [6.45, 7) is 5.05. The summed E-state index contributed by atoms with van der Waals surface area (Å²) in [7, 11) is 0. The number of alkyl halides is 3. The van der Waals surface area contributed by atoms with Crippen molar-refractivity contribution in [2.45, 2.75) is 13.1 Å². The lowest BCUT2D eigenvalue weighted by Gasteiger charge is -2.24. The van der Waals surface area contributed by atoms with Crippen LogP contribution >= 0.6 is 11.8 Å². The molecule has 1 heterocycles. The Bertz CT molecular complexity index is 638. The van der Waals surface area contributed by atoms with Gasteiger partial charge in [-0.3, -0.25) is 4.79 Å². The minimum absolute atomic E-state index is 0.000320. The van der Waals surface area contributed by atoms with Gasteiger partial charge in [-0.15, -0.1) is 11.8 Å². The van der Waals surface area contributed by atoms with Crippen molar-refractivity contribution >= 4 is 23.2 Å². The van der Waals surface area contributed by atoms with E-state index in [0.29, 0.717) is 17.0 Å². The van der Waals surface area contributed by atoms with E-state index < -0.39 is 11.9 Å². The summed E-state index contributed by atoms with van der Waals surface area (Å²) >= 11 is 1.03. The number of ketones is 1. The molecule has 1 N–H and O–H groups in total. The number of carbonyl (C=O) groups is 1. The van der Waals surface area contributed by atoms with Gasteiger partial charge in [0.1, 0.15) is 0 Å². The summed E-state index contributed by atoms with van der Waals surface area (Å²) < 4.78 is 43.7. The van der Waals surface area contributed by atoms with Gasteiger partial charge in [0.15, 0.2) is 5.78 Å². The molecule has 0 bridgehead atoms. The van der Waals surface area contributed by atoms with Crippen LogP contribution < -0.4 is 5.32 Å². The number of carbonyl (C=O) groups excluding carboxylic acids is 1. The van der Waals surface area contributed by atoms with Crippen molar-refractivity contribution in [3.05, 3.63) is 52.8 Å². The highest BCUT2D eigenvalue weighted by Crippen LogP contribution is 2.40. The third kappa shape index (κ3) is 3.65. The highest BCUT2D eigenvalue weighted by Gasteiger charge is 2.41. The predicted molar refractivity (Wildman–Crippen MR) is 80.7 cm³/mol. The van der Waals surface area contributed by atoms with Crippen LogP contribution in [0.2, 0.25) is 0 Å². The van der Waals surface area contributed by atoms with E-state index in [2.05, 4.69) is 11.9 Å². The molecule has 0 aliphatic carbocycles. The molecular formula is C15H14F3NO2S. The Labute approximate surface area is 130 Å². The van der Waals surface area contributed by atoms with Gasteiger partial charge in [0.25, 0.3) is 0 Å². The number of hydrogen-bond acceptors (Lipinski definition) is 4. The maximum absolute atomic E-state index is 13.0. The SMILES string of the molecule is C=C(Nc1ccccc1C(C)=O)C1=C(C(F)(F)F)OCCS1. The van der Waals surface area contributed by atoms with Crippen molar-refractivity contribution in [1.29, 1.82) is 0 Å². The molecular weight excluding hydrogens is 315 g/mol. The number of benzene rings is 1. The first kappa shape index (κ1) is 16.5. The summed E-state index contributed by atoms with van der Waals surface area (Å²) in [5, 5.41) is 2.79. The fourth-order valence-corrected chi connectivity index (χ4v) is 2.87. The topological polar surface area (TPSA) is 38.3 Å². The van der Waals surface area contributed by atoms with E-state index in [1.165, 1.54) is 6.92 Å². The molecule has 0 radical (unpaired) electrons. The number of nitrogens with one attached hydrogen (secondary N) is 1. The first-order valence-corrected chi connectivity index (χ1v) is 7.42. The summed E-state index contributed by atoms with van der Waals surface area (Å²) in [5.41, 5.74) is 0.866. The largest absolute Gasteiger partial charge is 0.487 e. The monoisotopic (exact) mass is 329 g/mol. The smallest absolute Gasteiger partial charge is 0.450 e. The Balaban J connectivity index is 2.32. The molecule has 118 valence electrons. The summed E-state index contributed by atoms with van der Waals surface area (Å²) in [6.07, 6.45) is -4.58. The second kappa shape index (κ2) is 6.48. The second-order valence-electron chi connectivity index (χ2n) is 4.56. The molecule has 0 unspecified atom stereocenters. The third-order valence-electron chi connectivity index (χ3n) is 2.91. The van der Waals surface area contributed by atoms with Crippen molar-refractivity contribution in [3.63, 3.8) is 0 Å². The van der Waals surface area contributed by atoms with E-state index in [1.807, 2.05) is 0 Å². The molecule has 1 aromatic rings. The van der Waals surface area contributed by atoms with Crippen LogP contribution in [0.1, 0.15) is 17.3 Å². The van der Waals surface area contributed by atoms with Crippen LogP contribution in [0.4, 0.5) is 18.9 Å². The molecule has 2 rings (SSSR count). The average Bonchev–Trinajstić information content (AvgIpc) is 2.46. The second-order valence-corrected chi connectivity index (χ2v) is 5.66. The van der Waals surface area contributed by atoms with Crippen LogP contribution in [-0.4, -0.2) is 24.3 Å². The van der Waals surface area contributed by atoms with Crippen molar-refractivity contribution < 1.29 is 22.7 Å². The molecule has 0 saturated heterocycles. The maximum atomic E-state index is 13.0. The van der Waals surface area contributed by atoms with Crippen LogP contribution in [-0.2, 0) is 4.74 Å². The van der Waals surface area contributed by atoms with Gasteiger partial charge in [-0.25, -0.2) is 0 Å². The first-order valence-electron chi connectivity index (χ1n) is 6.44. The molecule has 0 atom stereocenters. The molecule has 7 heteroatoms. The first-order chi connectivity index (χ1) is 10.3. The Morgan fingerprint density at radius 1 is 1.36 bits per heavy atom. The highest BCUT2D eigenvalue weighted by atomic mass is 32.2. The number of rotatable bonds is 4. The van der Waals surface area contributed by atoms with E-state index in [1.54, 1.807) is 24.3 Å². The highest BCUT2D eigenvalue weighted by molar-refractivity contribution is 8.03. The number of halogens is 3. The van der Waals surface area contributed by atoms with Gasteiger partial charge in [0, 0.05) is 22.7 Å². The van der Waals surface area contributed by atoms with Gasteiger partial charge in [0.05, 0.1) is 11.5 Å². The van der Waals surface area contributed by atoms with Gasteiger partial charge in [-0.2, -0.15) is 13.2 Å². The average molecular weight is 329 g/mol. The van der Waals surface area contributed by atoms with E-state index in [0.717, 1.165) is 11.8 Å². The number of thioether (sulfide) groups is 1.